The van der Waals surface area contributed by atoms with Crippen LogP contribution in [0.25, 0.3) is 121 Å². The zero-order chi connectivity index (χ0) is 101. The van der Waals surface area contributed by atoms with Crippen LogP contribution < -0.4 is 0 Å². The molecule has 5 aromatic heterocycles. The highest BCUT2D eigenvalue weighted by molar-refractivity contribution is 8.00. The molecule has 12 aromatic carbocycles. The number of aromatic nitrogens is 5. The van der Waals surface area contributed by atoms with Crippen molar-refractivity contribution in [3.8, 4) is 103 Å². The van der Waals surface area contributed by atoms with Crippen LogP contribution >= 0.6 is 70.6 Å². The Bertz CT molecular complexity index is 7730. The molecule has 5 aliphatic rings. The Morgan fingerprint density at radius 3 is 0.849 bits per heavy atom. The quantitative estimate of drug-likeness (QED) is 0.0354. The number of nitriles is 6. The number of carboxylic acid groups (broad SMARTS) is 1. The molecule has 0 radical (unpaired) electrons. The van der Waals surface area contributed by atoms with Crippen molar-refractivity contribution in [1.82, 2.24) is 24.9 Å². The van der Waals surface area contributed by atoms with E-state index in [0.29, 0.717) is 32.8 Å². The third-order valence-electron chi connectivity index (χ3n) is 29.0. The van der Waals surface area contributed by atoms with Crippen LogP contribution in [0.5, 0.6) is 0 Å². The number of carbonyl (C=O) groups is 1. The Balaban J connectivity index is 0.000000120. The molecule has 5 heterocycles. The lowest BCUT2D eigenvalue weighted by atomic mass is 9.72. The molecule has 0 spiro atoms. The van der Waals surface area contributed by atoms with Gasteiger partial charge in [0.1, 0.15) is 0 Å². The van der Waals surface area contributed by atoms with Crippen molar-refractivity contribution >= 4 is 130 Å². The van der Waals surface area contributed by atoms with Crippen molar-refractivity contribution in [2.75, 3.05) is 34.5 Å². The zero-order valence-corrected chi connectivity index (χ0v) is 88.0. The summed E-state index contributed by atoms with van der Waals surface area (Å²) in [6.07, 6.45) is 39.9. The molecule has 0 amide bonds. The number of nitrogens with zero attached hydrogens (tertiary/aromatic N) is 11. The number of fused-ring (bicyclic) bond motifs is 5. The average molecular weight is 2020 g/mol. The van der Waals surface area contributed by atoms with E-state index in [9.17, 15) is 31.1 Å². The number of hydrogen-bond donors (Lipinski definition) is 1. The Labute approximate surface area is 883 Å². The summed E-state index contributed by atoms with van der Waals surface area (Å²) in [4.78, 5) is 40.3. The van der Waals surface area contributed by atoms with Crippen LogP contribution in [0.2, 0.25) is 0 Å². The van der Waals surface area contributed by atoms with Crippen LogP contribution in [0.3, 0.4) is 0 Å². The van der Waals surface area contributed by atoms with Gasteiger partial charge in [-0.05, 0) is 255 Å². The Morgan fingerprint density at radius 2 is 0.568 bits per heavy atom. The van der Waals surface area contributed by atoms with Gasteiger partial charge in [0.15, 0.2) is 0 Å². The van der Waals surface area contributed by atoms with Gasteiger partial charge in [0.25, 0.3) is 0 Å². The number of aliphatic carboxylic acids is 1. The molecule has 0 unspecified atom stereocenters. The number of unbranched alkanes of at least 4 members (excludes halogenated alkanes) is 1. The third-order valence-corrected chi connectivity index (χ3v) is 37.5. The van der Waals surface area contributed by atoms with Crippen molar-refractivity contribution in [2.24, 2.45) is 27.1 Å². The first kappa shape index (κ1) is 104. The summed E-state index contributed by atoms with van der Waals surface area (Å²) < 4.78 is 0. The van der Waals surface area contributed by atoms with Crippen LogP contribution in [0.4, 0.5) is 0 Å². The topological polar surface area (TPSA) is 244 Å². The normalized spacial score (nSPS) is 14.6. The predicted molar refractivity (Wildman–Crippen MR) is 607 cm³/mol. The van der Waals surface area contributed by atoms with E-state index in [1.165, 1.54) is 131 Å². The lowest BCUT2D eigenvalue weighted by molar-refractivity contribution is -0.138. The van der Waals surface area contributed by atoms with E-state index in [0.717, 1.165) is 178 Å². The molecule has 5 fully saturated rings. The fraction of sp³-hybridized carbons (Fsp3) is 0.260. The number of pyridine rings is 5. The SMILES string of the molecule is CC1(CSc2ccncc2-c2ccc(C#N)c3ccccc23)CC1.CC1(CSc2ccncc2-c2ccc(C#N)c3ccccc23)CCC1.CC1(CSc2ccncc2-c2ccc(C#N)c3ccccc23)CCCC1.CCC1(CSc2ccncc2-c2ccc(C#N)c3ccccc23)CC1.CCCCSc1ccncc1-c1ccc(C#N)c2ccccc12.N#Cc1ccc(-c2ccccc2SCC2(CC(=O)O)CC2)cc1. The van der Waals surface area contributed by atoms with E-state index in [1.54, 1.807) is 11.8 Å². The second-order valence-corrected chi connectivity index (χ2v) is 45.9. The maximum absolute atomic E-state index is 11.0. The number of thioether (sulfide) groups is 6. The lowest BCUT2D eigenvalue weighted by Crippen LogP contribution is -2.27. The highest BCUT2D eigenvalue weighted by Gasteiger charge is 2.45. The molecular formula is C127H115N11O2S6. The summed E-state index contributed by atoms with van der Waals surface area (Å²) in [5, 5.41) is 75.4. The van der Waals surface area contributed by atoms with E-state index in [-0.39, 0.29) is 11.8 Å². The molecular weight excluding hydrogens is 1900 g/mol. The monoisotopic (exact) mass is 2020 g/mol. The molecule has 22 rings (SSSR count). The van der Waals surface area contributed by atoms with Gasteiger partial charge in [0.2, 0.25) is 0 Å². The Kier molecular flexibility index (Phi) is 34.4. The first-order valence-electron chi connectivity index (χ1n) is 50.2. The first-order valence-corrected chi connectivity index (χ1v) is 56.1. The maximum atomic E-state index is 11.0. The van der Waals surface area contributed by atoms with Gasteiger partial charge in [0, 0.05) is 175 Å². The first-order chi connectivity index (χ1) is 71.3. The summed E-state index contributed by atoms with van der Waals surface area (Å²) in [7, 11) is 0. The minimum absolute atomic E-state index is 0.0196. The van der Waals surface area contributed by atoms with Crippen molar-refractivity contribution in [2.45, 2.75) is 173 Å². The second kappa shape index (κ2) is 48.5. The molecule has 13 nitrogen and oxygen atoms in total. The van der Waals surface area contributed by atoms with E-state index in [4.69, 9.17) is 10.4 Å². The van der Waals surface area contributed by atoms with E-state index in [1.807, 2.05) is 285 Å². The van der Waals surface area contributed by atoms with Gasteiger partial charge >= 0.3 is 5.97 Å². The molecule has 726 valence electrons. The summed E-state index contributed by atoms with van der Waals surface area (Å²) >= 11 is 11.4. The summed E-state index contributed by atoms with van der Waals surface area (Å²) in [6, 6.07) is 100. The largest absolute Gasteiger partial charge is 0.481 e. The number of benzene rings is 12. The standard InChI is InChI=1S/C23H22N2S.2C22H20N2S.C21H18N2S.C20H18N2S.C19H17NO2S/c1-23(11-4-5-12-23)16-26-22-10-13-25-15-21(22)20-9-8-17(14-24)18-6-2-3-7-19(18)20;1-22(10-4-11-22)15-25-21-9-12-24-14-20(21)19-8-7-16(13-23)17-5-2-3-6-18(17)19;1-2-22(10-11-22)15-25-21-9-12-24-14-20(21)19-8-7-16(13-23)17-5-3-4-6-18(17)19;1-21(9-10-21)14-24-20-8-11-23-13-19(20)18-7-6-15(12-22)16-4-2-3-5-17(16)18;1-2-3-12-23-20-10-11-22-14-19(20)18-9-8-15(13-21)16-6-4-5-7-17(16)18;20-12-14-5-7-15(8-6-14)16-3-1-2-4-17(16)23-13-19(9-10-19)11-18(21)22/h2-3,6-10,13,15H,4-5,11-12,16H2,1H3;2-3,5-9,12,14H,4,10-11,15H2,1H3;3-9,12,14H,2,10-11,15H2,1H3;2-8,11,13H,9-10,14H2,1H3;4-11,14H,2-3,12H2,1H3;1-8H,9-11,13H2,(H,21,22). The number of rotatable bonds is 28. The highest BCUT2D eigenvalue weighted by atomic mass is 32.2. The van der Waals surface area contributed by atoms with Crippen molar-refractivity contribution in [3.05, 3.63) is 356 Å². The Hall–Kier alpha value is -13.8. The fourth-order valence-corrected chi connectivity index (χ4v) is 26.8. The molecule has 5 saturated carbocycles. The van der Waals surface area contributed by atoms with Crippen molar-refractivity contribution in [1.29, 1.82) is 31.6 Å². The van der Waals surface area contributed by atoms with E-state index >= 15 is 0 Å². The second-order valence-electron chi connectivity index (χ2n) is 39.7. The molecule has 0 atom stereocenters. The van der Waals surface area contributed by atoms with Crippen LogP contribution in [0.15, 0.2) is 352 Å². The smallest absolute Gasteiger partial charge is 0.303 e. The Morgan fingerprint density at radius 1 is 0.288 bits per heavy atom. The van der Waals surface area contributed by atoms with Crippen LogP contribution in [-0.4, -0.2) is 70.5 Å². The van der Waals surface area contributed by atoms with Crippen molar-refractivity contribution in [3.63, 3.8) is 0 Å². The predicted octanol–water partition coefficient (Wildman–Crippen LogP) is 34.5. The van der Waals surface area contributed by atoms with Gasteiger partial charge in [0.05, 0.1) is 76.2 Å². The minimum atomic E-state index is -0.705. The molecule has 146 heavy (non-hydrogen) atoms. The van der Waals surface area contributed by atoms with Gasteiger partial charge < -0.3 is 5.11 Å². The molecule has 1 N–H and O–H groups in total. The maximum Gasteiger partial charge on any atom is 0.303 e. The van der Waals surface area contributed by atoms with Gasteiger partial charge in [-0.1, -0.05) is 242 Å². The van der Waals surface area contributed by atoms with Crippen LogP contribution in [0.1, 0.15) is 177 Å². The van der Waals surface area contributed by atoms with Gasteiger partial charge in [-0.2, -0.15) is 31.6 Å². The number of carboxylic acids is 1. The third kappa shape index (κ3) is 25.3. The lowest BCUT2D eigenvalue weighted by Gasteiger charge is -2.38. The molecule has 17 aromatic rings. The molecule has 19 heteroatoms. The molecule has 0 saturated heterocycles. The summed E-state index contributed by atoms with van der Waals surface area (Å²) in [5.41, 5.74) is 20.0. The van der Waals surface area contributed by atoms with E-state index in [2.05, 4.69) is 193 Å². The molecule has 0 bridgehead atoms. The minimum Gasteiger partial charge on any atom is -0.481 e. The number of hydrogen-bond acceptors (Lipinski definition) is 18. The summed E-state index contributed by atoms with van der Waals surface area (Å²) in [5.74, 6) is 5.88. The molecule has 0 aliphatic heterocycles. The van der Waals surface area contributed by atoms with Gasteiger partial charge in [-0.15, -0.1) is 70.6 Å². The van der Waals surface area contributed by atoms with Crippen molar-refractivity contribution < 1.29 is 9.90 Å². The highest BCUT2D eigenvalue weighted by Crippen LogP contribution is 2.56. The molecule has 5 aliphatic carbocycles. The van der Waals surface area contributed by atoms with E-state index < -0.39 is 5.97 Å². The average Bonchev–Trinajstić information content (AvgIpc) is 1.11. The van der Waals surface area contributed by atoms with Gasteiger partial charge in [-0.3, -0.25) is 29.7 Å². The van der Waals surface area contributed by atoms with Crippen LogP contribution in [0, 0.1) is 95.1 Å². The van der Waals surface area contributed by atoms with Crippen LogP contribution in [-0.2, 0) is 4.79 Å². The van der Waals surface area contributed by atoms with Gasteiger partial charge in [-0.25, -0.2) is 0 Å². The fourth-order valence-electron chi connectivity index (χ4n) is 19.1. The zero-order valence-electron chi connectivity index (χ0n) is 83.1. The summed E-state index contributed by atoms with van der Waals surface area (Å²) in [6.45, 7) is 11.7.